The van der Waals surface area contributed by atoms with Gasteiger partial charge in [0.1, 0.15) is 0 Å². The third kappa shape index (κ3) is 1.54. The maximum atomic E-state index is 10.3. The van der Waals surface area contributed by atoms with E-state index in [1.165, 1.54) is 51.4 Å². The second kappa shape index (κ2) is 3.98. The van der Waals surface area contributed by atoms with Crippen LogP contribution in [0.3, 0.4) is 0 Å². The minimum absolute atomic E-state index is 0.0536. The van der Waals surface area contributed by atoms with E-state index in [-0.39, 0.29) is 6.10 Å². The number of hydrogen-bond donors (Lipinski definition) is 1. The quantitative estimate of drug-likeness (QED) is 0.679. The first-order valence-corrected chi connectivity index (χ1v) is 8.02. The zero-order chi connectivity index (χ0) is 11.4. The van der Waals surface area contributed by atoms with Gasteiger partial charge in [-0.1, -0.05) is 19.3 Å². The van der Waals surface area contributed by atoms with Crippen molar-refractivity contribution in [2.24, 2.45) is 35.5 Å². The molecule has 4 saturated carbocycles. The zero-order valence-corrected chi connectivity index (χ0v) is 10.9. The van der Waals surface area contributed by atoms with Crippen LogP contribution in [0.15, 0.2) is 0 Å². The van der Waals surface area contributed by atoms with Gasteiger partial charge in [-0.05, 0) is 74.0 Å². The number of aliphatic hydroxyl groups excluding tert-OH is 1. The molecule has 7 atom stereocenters. The molecule has 1 heteroatoms. The summed E-state index contributed by atoms with van der Waals surface area (Å²) in [4.78, 5) is 0. The van der Waals surface area contributed by atoms with Gasteiger partial charge in [0.05, 0.1) is 6.10 Å². The Kier molecular flexibility index (Phi) is 2.54. The smallest absolute Gasteiger partial charge is 0.0571 e. The van der Waals surface area contributed by atoms with Gasteiger partial charge in [-0.15, -0.1) is 0 Å². The molecule has 0 heterocycles. The molecular weight excluding hydrogens is 208 g/mol. The van der Waals surface area contributed by atoms with Crippen molar-refractivity contribution < 1.29 is 5.11 Å². The summed E-state index contributed by atoms with van der Waals surface area (Å²) in [7, 11) is 0. The van der Waals surface area contributed by atoms with Gasteiger partial charge in [-0.25, -0.2) is 0 Å². The van der Waals surface area contributed by atoms with Crippen molar-refractivity contribution >= 4 is 0 Å². The highest BCUT2D eigenvalue weighted by molar-refractivity contribution is 5.02. The second-order valence-electron chi connectivity index (χ2n) is 7.33. The fraction of sp³-hybridized carbons (Fsp3) is 1.00. The molecule has 4 aliphatic rings. The Morgan fingerprint density at radius 2 is 1.18 bits per heavy atom. The molecule has 0 aliphatic heterocycles. The van der Waals surface area contributed by atoms with E-state index in [0.717, 1.165) is 36.0 Å². The van der Waals surface area contributed by atoms with Gasteiger partial charge in [0.2, 0.25) is 0 Å². The predicted octanol–water partition coefficient (Wildman–Crippen LogP) is 3.61. The van der Waals surface area contributed by atoms with Gasteiger partial charge in [0.25, 0.3) is 0 Å². The lowest BCUT2D eigenvalue weighted by molar-refractivity contribution is -0.119. The van der Waals surface area contributed by atoms with Crippen LogP contribution in [0.1, 0.15) is 57.8 Å². The van der Waals surface area contributed by atoms with Gasteiger partial charge in [-0.3, -0.25) is 0 Å². The summed E-state index contributed by atoms with van der Waals surface area (Å²) in [6.45, 7) is 0. The summed E-state index contributed by atoms with van der Waals surface area (Å²) in [5, 5.41) is 10.3. The van der Waals surface area contributed by atoms with Crippen LogP contribution in [0.4, 0.5) is 0 Å². The third-order valence-corrected chi connectivity index (χ3v) is 6.83. The topological polar surface area (TPSA) is 20.2 Å². The summed E-state index contributed by atoms with van der Waals surface area (Å²) < 4.78 is 0. The van der Waals surface area contributed by atoms with E-state index < -0.39 is 0 Å². The average Bonchev–Trinajstić information content (AvgIpc) is 2.38. The lowest BCUT2D eigenvalue weighted by Crippen LogP contribution is -2.52. The Bertz CT molecular complexity index is 294. The largest absolute Gasteiger partial charge is 0.393 e. The molecule has 7 unspecified atom stereocenters. The van der Waals surface area contributed by atoms with Crippen LogP contribution in [0.5, 0.6) is 0 Å². The number of rotatable bonds is 0. The molecule has 0 aromatic rings. The molecule has 0 radical (unpaired) electrons. The number of aliphatic hydroxyl groups is 1. The first-order valence-electron chi connectivity index (χ1n) is 8.02. The Labute approximate surface area is 105 Å². The highest BCUT2D eigenvalue weighted by Gasteiger charge is 2.53. The van der Waals surface area contributed by atoms with Crippen molar-refractivity contribution in [1.29, 1.82) is 0 Å². The summed E-state index contributed by atoms with van der Waals surface area (Å²) in [6, 6.07) is 0. The van der Waals surface area contributed by atoms with E-state index in [2.05, 4.69) is 0 Å². The molecule has 0 saturated heterocycles. The Morgan fingerprint density at radius 3 is 1.94 bits per heavy atom. The minimum atomic E-state index is 0.0536. The van der Waals surface area contributed by atoms with E-state index in [9.17, 15) is 5.11 Å². The highest BCUT2D eigenvalue weighted by Crippen LogP contribution is 2.59. The van der Waals surface area contributed by atoms with Crippen LogP contribution in [0, 0.1) is 35.5 Å². The standard InChI is InChI=1S/C16H26O/c17-14-9-7-12-5-4-10-2-1-3-11-6-8-13(14)16(12)15(10)11/h10-17H,1-9H2. The van der Waals surface area contributed by atoms with Gasteiger partial charge in [-0.2, -0.15) is 0 Å². The fourth-order valence-corrected chi connectivity index (χ4v) is 6.27. The van der Waals surface area contributed by atoms with Crippen molar-refractivity contribution in [3.63, 3.8) is 0 Å². The summed E-state index contributed by atoms with van der Waals surface area (Å²) in [6.07, 6.45) is 12.8. The first-order chi connectivity index (χ1) is 8.34. The summed E-state index contributed by atoms with van der Waals surface area (Å²) in [5.41, 5.74) is 0. The van der Waals surface area contributed by atoms with Crippen LogP contribution in [0.2, 0.25) is 0 Å². The fourth-order valence-electron chi connectivity index (χ4n) is 6.27. The van der Waals surface area contributed by atoms with E-state index in [1.54, 1.807) is 0 Å². The van der Waals surface area contributed by atoms with Crippen LogP contribution >= 0.6 is 0 Å². The molecule has 17 heavy (non-hydrogen) atoms. The number of hydrogen-bond acceptors (Lipinski definition) is 1. The monoisotopic (exact) mass is 234 g/mol. The van der Waals surface area contributed by atoms with Gasteiger partial charge in [0, 0.05) is 0 Å². The van der Waals surface area contributed by atoms with Gasteiger partial charge < -0.3 is 5.11 Å². The summed E-state index contributed by atoms with van der Waals surface area (Å²) in [5.74, 6) is 5.72. The first kappa shape index (κ1) is 10.8. The van der Waals surface area contributed by atoms with E-state index >= 15 is 0 Å². The molecular formula is C16H26O. The highest BCUT2D eigenvalue weighted by atomic mass is 16.3. The molecule has 0 amide bonds. The van der Waals surface area contributed by atoms with Crippen molar-refractivity contribution in [3.8, 4) is 0 Å². The van der Waals surface area contributed by atoms with Crippen LogP contribution in [0.25, 0.3) is 0 Å². The Hall–Kier alpha value is -0.0400. The Morgan fingerprint density at radius 1 is 0.588 bits per heavy atom. The normalized spacial score (nSPS) is 57.4. The lowest BCUT2D eigenvalue weighted by Gasteiger charge is -2.58. The maximum Gasteiger partial charge on any atom is 0.0571 e. The van der Waals surface area contributed by atoms with E-state index in [4.69, 9.17) is 0 Å². The zero-order valence-electron chi connectivity index (χ0n) is 10.9. The molecule has 4 fully saturated rings. The molecule has 0 spiro atoms. The molecule has 0 aromatic heterocycles. The average molecular weight is 234 g/mol. The predicted molar refractivity (Wildman–Crippen MR) is 68.5 cm³/mol. The summed E-state index contributed by atoms with van der Waals surface area (Å²) >= 11 is 0. The van der Waals surface area contributed by atoms with E-state index in [0.29, 0.717) is 5.92 Å². The Balaban J connectivity index is 1.68. The van der Waals surface area contributed by atoms with Crippen molar-refractivity contribution in [3.05, 3.63) is 0 Å². The molecule has 1 N–H and O–H groups in total. The lowest BCUT2D eigenvalue weighted by atomic mass is 9.48. The molecule has 0 bridgehead atoms. The van der Waals surface area contributed by atoms with Crippen LogP contribution in [-0.2, 0) is 0 Å². The maximum absolute atomic E-state index is 10.3. The van der Waals surface area contributed by atoms with Crippen LogP contribution < -0.4 is 0 Å². The van der Waals surface area contributed by atoms with Crippen LogP contribution in [-0.4, -0.2) is 11.2 Å². The molecule has 4 aliphatic carbocycles. The minimum Gasteiger partial charge on any atom is -0.393 e. The molecule has 4 rings (SSSR count). The van der Waals surface area contributed by atoms with Gasteiger partial charge in [0.15, 0.2) is 0 Å². The van der Waals surface area contributed by atoms with Gasteiger partial charge >= 0.3 is 0 Å². The SMILES string of the molecule is OC1CCC2CCC3CCCC4CCC1C2C34. The molecule has 96 valence electrons. The second-order valence-corrected chi connectivity index (χ2v) is 7.33. The molecule has 0 aromatic carbocycles. The molecule has 1 nitrogen and oxygen atoms in total. The third-order valence-electron chi connectivity index (χ3n) is 6.83. The van der Waals surface area contributed by atoms with Crippen molar-refractivity contribution in [2.75, 3.05) is 0 Å². The van der Waals surface area contributed by atoms with Crippen molar-refractivity contribution in [2.45, 2.75) is 63.9 Å². The van der Waals surface area contributed by atoms with E-state index in [1.807, 2.05) is 0 Å². The van der Waals surface area contributed by atoms with Crippen molar-refractivity contribution in [1.82, 2.24) is 0 Å².